The molecule has 0 bridgehead atoms. The summed E-state index contributed by atoms with van der Waals surface area (Å²) in [6.45, 7) is 8.97. The second-order valence-corrected chi connectivity index (χ2v) is 3.63. The Bertz CT molecular complexity index is 258. The van der Waals surface area contributed by atoms with Crippen molar-refractivity contribution >= 4 is 0 Å². The van der Waals surface area contributed by atoms with E-state index in [4.69, 9.17) is 20.8 Å². The lowest BCUT2D eigenvalue weighted by Gasteiger charge is -2.30. The zero-order valence-corrected chi connectivity index (χ0v) is 8.18. The van der Waals surface area contributed by atoms with Crippen molar-refractivity contribution in [2.45, 2.75) is 13.2 Å². The van der Waals surface area contributed by atoms with Gasteiger partial charge in [0.2, 0.25) is 6.29 Å². The van der Waals surface area contributed by atoms with Crippen molar-refractivity contribution in [3.63, 3.8) is 0 Å². The highest BCUT2D eigenvalue weighted by atomic mass is 16.7. The average molecular weight is 194 g/mol. The Labute approximate surface area is 84.0 Å². The Balaban J connectivity index is 1.90. The van der Waals surface area contributed by atoms with Crippen LogP contribution in [0.5, 0.6) is 0 Å². The molecule has 3 heteroatoms. The largest absolute Gasteiger partial charge is 0.464 e. The Morgan fingerprint density at radius 1 is 1.43 bits per heavy atom. The second-order valence-electron chi connectivity index (χ2n) is 3.63. The third-order valence-electron chi connectivity index (χ3n) is 2.44. The van der Waals surface area contributed by atoms with Gasteiger partial charge in [-0.15, -0.1) is 0 Å². The molecule has 2 heterocycles. The molecule has 3 nitrogen and oxygen atoms in total. The molecule has 0 spiro atoms. The van der Waals surface area contributed by atoms with Crippen LogP contribution in [0, 0.1) is 18.8 Å². The molecule has 2 radical (unpaired) electrons. The molecule has 1 atom stereocenters. The van der Waals surface area contributed by atoms with Crippen molar-refractivity contribution in [2.75, 3.05) is 13.2 Å². The number of hydrogen-bond acceptors (Lipinski definition) is 3. The second kappa shape index (κ2) is 4.15. The number of ether oxygens (including phenoxy) is 2. The van der Waals surface area contributed by atoms with Crippen molar-refractivity contribution in [1.29, 1.82) is 0 Å². The van der Waals surface area contributed by atoms with Crippen LogP contribution in [0.15, 0.2) is 22.8 Å². The van der Waals surface area contributed by atoms with Crippen molar-refractivity contribution < 1.29 is 13.9 Å². The van der Waals surface area contributed by atoms with Crippen LogP contribution in [-0.2, 0) is 9.47 Å². The Kier molecular flexibility index (Phi) is 2.89. The maximum absolute atomic E-state index is 5.75. The van der Waals surface area contributed by atoms with Crippen LogP contribution >= 0.6 is 0 Å². The molecule has 1 aliphatic rings. The maximum atomic E-state index is 5.75. The third-order valence-corrected chi connectivity index (χ3v) is 2.44. The normalized spacial score (nSPS) is 28.2. The molecule has 1 aromatic rings. The van der Waals surface area contributed by atoms with Gasteiger partial charge < -0.3 is 13.9 Å². The van der Waals surface area contributed by atoms with Crippen molar-refractivity contribution in [2.24, 2.45) is 11.8 Å². The van der Waals surface area contributed by atoms with E-state index in [-0.39, 0.29) is 18.1 Å². The molecule has 1 unspecified atom stereocenters. The first kappa shape index (κ1) is 9.74. The lowest BCUT2D eigenvalue weighted by atomic mass is 9.97. The summed E-state index contributed by atoms with van der Waals surface area (Å²) in [7, 11) is 0. The summed E-state index contributed by atoms with van der Waals surface area (Å²) in [6, 6.07) is 3.66. The first-order valence-corrected chi connectivity index (χ1v) is 4.79. The van der Waals surface area contributed by atoms with Crippen molar-refractivity contribution in [1.82, 2.24) is 0 Å². The summed E-state index contributed by atoms with van der Waals surface area (Å²) in [4.78, 5) is 0. The molecule has 0 amide bonds. The summed E-state index contributed by atoms with van der Waals surface area (Å²) in [5.41, 5.74) is 0. The van der Waals surface area contributed by atoms with E-state index in [0.717, 1.165) is 0 Å². The van der Waals surface area contributed by atoms with Gasteiger partial charge in [0, 0.05) is 5.92 Å². The van der Waals surface area contributed by atoms with E-state index in [1.165, 1.54) is 0 Å². The van der Waals surface area contributed by atoms with Gasteiger partial charge in [0.15, 0.2) is 5.76 Å². The summed E-state index contributed by atoms with van der Waals surface area (Å²) < 4.78 is 16.2. The fourth-order valence-electron chi connectivity index (χ4n) is 1.41. The third kappa shape index (κ3) is 1.99. The standard InChI is InChI=1S/C11H14O3/c1-8(2)9-6-13-11(14-7-9)10-4-3-5-12-10/h1,3-5,8-9,11H,6-7H2,2H3. The van der Waals surface area contributed by atoms with Gasteiger partial charge in [-0.2, -0.15) is 0 Å². The Morgan fingerprint density at radius 3 is 2.64 bits per heavy atom. The van der Waals surface area contributed by atoms with E-state index in [9.17, 15) is 0 Å². The first-order chi connectivity index (χ1) is 6.77. The van der Waals surface area contributed by atoms with Crippen LogP contribution in [0.1, 0.15) is 19.0 Å². The minimum absolute atomic E-state index is 0.104. The SMILES string of the molecule is [CH]C(C)C1COC(c2ccco2)OC1. The van der Waals surface area contributed by atoms with E-state index in [2.05, 4.69) is 0 Å². The number of furan rings is 1. The van der Waals surface area contributed by atoms with Gasteiger partial charge in [0.1, 0.15) is 0 Å². The first-order valence-electron chi connectivity index (χ1n) is 4.79. The zero-order valence-electron chi connectivity index (χ0n) is 8.18. The lowest BCUT2D eigenvalue weighted by molar-refractivity contribution is -0.217. The molecule has 1 aromatic heterocycles. The van der Waals surface area contributed by atoms with Crippen LogP contribution in [0.25, 0.3) is 0 Å². The number of hydrogen-bond donors (Lipinski definition) is 0. The van der Waals surface area contributed by atoms with E-state index < -0.39 is 0 Å². The topological polar surface area (TPSA) is 31.6 Å². The smallest absolute Gasteiger partial charge is 0.217 e. The van der Waals surface area contributed by atoms with Crippen LogP contribution in [0.4, 0.5) is 0 Å². The lowest BCUT2D eigenvalue weighted by Crippen LogP contribution is -2.30. The zero-order chi connectivity index (χ0) is 9.97. The molecule has 1 aliphatic heterocycles. The average Bonchev–Trinajstić information content (AvgIpc) is 2.71. The van der Waals surface area contributed by atoms with E-state index in [1.807, 2.05) is 19.1 Å². The monoisotopic (exact) mass is 194 g/mol. The van der Waals surface area contributed by atoms with Gasteiger partial charge in [-0.3, -0.25) is 0 Å². The molecule has 76 valence electrons. The quantitative estimate of drug-likeness (QED) is 0.723. The van der Waals surface area contributed by atoms with E-state index in [0.29, 0.717) is 19.0 Å². The molecule has 0 aliphatic carbocycles. The predicted octanol–water partition coefficient (Wildman–Crippen LogP) is 2.29. The van der Waals surface area contributed by atoms with Gasteiger partial charge in [0.05, 0.1) is 19.5 Å². The summed E-state index contributed by atoms with van der Waals surface area (Å²) in [6.07, 6.45) is 1.25. The van der Waals surface area contributed by atoms with E-state index >= 15 is 0 Å². The van der Waals surface area contributed by atoms with Gasteiger partial charge in [-0.05, 0) is 25.0 Å². The van der Waals surface area contributed by atoms with Gasteiger partial charge in [-0.1, -0.05) is 6.92 Å². The predicted molar refractivity (Wildman–Crippen MR) is 50.3 cm³/mol. The fourth-order valence-corrected chi connectivity index (χ4v) is 1.41. The molecule has 1 saturated heterocycles. The molecule has 0 saturated carbocycles. The minimum atomic E-state index is -0.361. The highest BCUT2D eigenvalue weighted by molar-refractivity contribution is 5.00. The van der Waals surface area contributed by atoms with Crippen molar-refractivity contribution in [3.05, 3.63) is 31.1 Å². The molecule has 14 heavy (non-hydrogen) atoms. The fraction of sp³-hybridized carbons (Fsp3) is 0.545. The van der Waals surface area contributed by atoms with Gasteiger partial charge in [-0.25, -0.2) is 0 Å². The van der Waals surface area contributed by atoms with Gasteiger partial charge in [0.25, 0.3) is 0 Å². The molecular weight excluding hydrogens is 180 g/mol. The van der Waals surface area contributed by atoms with Crippen LogP contribution in [0.3, 0.4) is 0 Å². The highest BCUT2D eigenvalue weighted by Gasteiger charge is 2.26. The molecule has 0 N–H and O–H groups in total. The maximum Gasteiger partial charge on any atom is 0.217 e. The summed E-state index contributed by atoms with van der Waals surface area (Å²) in [5, 5.41) is 0. The summed E-state index contributed by atoms with van der Waals surface area (Å²) in [5.74, 6) is 1.10. The highest BCUT2D eigenvalue weighted by Crippen LogP contribution is 2.27. The summed E-state index contributed by atoms with van der Waals surface area (Å²) >= 11 is 0. The van der Waals surface area contributed by atoms with Crippen LogP contribution in [0.2, 0.25) is 0 Å². The minimum Gasteiger partial charge on any atom is -0.464 e. The number of rotatable bonds is 2. The van der Waals surface area contributed by atoms with Crippen LogP contribution in [-0.4, -0.2) is 13.2 Å². The molecule has 0 aromatic carbocycles. The Hall–Kier alpha value is -0.800. The Morgan fingerprint density at radius 2 is 2.14 bits per heavy atom. The molecule has 1 fully saturated rings. The van der Waals surface area contributed by atoms with Gasteiger partial charge >= 0.3 is 0 Å². The van der Waals surface area contributed by atoms with Crippen LogP contribution < -0.4 is 0 Å². The molecule has 2 rings (SSSR count). The molecular formula is C11H14O3. The van der Waals surface area contributed by atoms with E-state index in [1.54, 1.807) is 6.26 Å². The van der Waals surface area contributed by atoms with Crippen molar-refractivity contribution in [3.8, 4) is 0 Å².